The summed E-state index contributed by atoms with van der Waals surface area (Å²) in [4.78, 5) is 26.2. The van der Waals surface area contributed by atoms with E-state index in [-0.39, 0.29) is 23.9 Å². The molecule has 2 atom stereocenters. The van der Waals surface area contributed by atoms with Crippen LogP contribution in [0.5, 0.6) is 0 Å². The first-order chi connectivity index (χ1) is 13.8. The van der Waals surface area contributed by atoms with Crippen LogP contribution in [-0.2, 0) is 18.4 Å². The third-order valence-corrected chi connectivity index (χ3v) is 5.06. The Hall–Kier alpha value is -3.03. The summed E-state index contributed by atoms with van der Waals surface area (Å²) in [7, 11) is 1.88. The number of hydrogen-bond acceptors (Lipinski definition) is 4. The number of nitrogens with one attached hydrogen (secondary N) is 3. The number of amides is 3. The smallest absolute Gasteiger partial charge is 0.317 e. The van der Waals surface area contributed by atoms with Gasteiger partial charge in [-0.2, -0.15) is 5.10 Å². The lowest BCUT2D eigenvalue weighted by atomic mass is 9.99. The van der Waals surface area contributed by atoms with E-state index in [4.69, 9.17) is 0 Å². The number of anilines is 1. The number of nitrogens with zero attached hydrogens (tertiary/aromatic N) is 3. The molecule has 1 aromatic heterocycles. The van der Waals surface area contributed by atoms with Crippen molar-refractivity contribution < 1.29 is 9.59 Å². The number of rotatable bonds is 6. The molecule has 1 aliphatic rings. The summed E-state index contributed by atoms with van der Waals surface area (Å²) < 4.78 is 1.80. The number of benzene rings is 1. The van der Waals surface area contributed by atoms with E-state index in [2.05, 4.69) is 34.9 Å². The molecule has 3 N–H and O–H groups in total. The summed E-state index contributed by atoms with van der Waals surface area (Å²) in [6, 6.07) is 10.1. The zero-order valence-electron chi connectivity index (χ0n) is 17.5. The standard InChI is InChI=1S/C21H30N6O2/c1-14(2)24-17-7-5-6-16(10-17)11-22-21(29)27-12-18(19(13-27)25-15(3)28)20-8-9-23-26(20)4/h5-10,14,18-19,24H,11-13H2,1-4H3,(H,22,29)(H,25,28)/t18-,19-/m1/s1. The van der Waals surface area contributed by atoms with Crippen LogP contribution in [0.25, 0.3) is 0 Å². The summed E-state index contributed by atoms with van der Waals surface area (Å²) in [6.45, 7) is 7.13. The Bertz CT molecular complexity index is 862. The fraction of sp³-hybridized carbons (Fsp3) is 0.476. The average Bonchev–Trinajstić information content (AvgIpc) is 3.25. The van der Waals surface area contributed by atoms with Crippen LogP contribution in [-0.4, -0.2) is 51.8 Å². The summed E-state index contributed by atoms with van der Waals surface area (Å²) >= 11 is 0. The normalized spacial score (nSPS) is 18.7. The molecular formula is C21H30N6O2. The fourth-order valence-electron chi connectivity index (χ4n) is 3.82. The average molecular weight is 399 g/mol. The summed E-state index contributed by atoms with van der Waals surface area (Å²) in [5.41, 5.74) is 3.08. The van der Waals surface area contributed by atoms with Crippen LogP contribution in [0.2, 0.25) is 0 Å². The number of aryl methyl sites for hydroxylation is 1. The van der Waals surface area contributed by atoms with Crippen LogP contribution in [0, 0.1) is 0 Å². The van der Waals surface area contributed by atoms with E-state index < -0.39 is 0 Å². The van der Waals surface area contributed by atoms with Crippen LogP contribution < -0.4 is 16.0 Å². The lowest BCUT2D eigenvalue weighted by molar-refractivity contribution is -0.119. The Labute approximate surface area is 171 Å². The Morgan fingerprint density at radius 2 is 2.03 bits per heavy atom. The summed E-state index contributed by atoms with van der Waals surface area (Å²) in [5.74, 6) is -0.0883. The zero-order chi connectivity index (χ0) is 21.0. The van der Waals surface area contributed by atoms with E-state index in [0.717, 1.165) is 16.9 Å². The van der Waals surface area contributed by atoms with Gasteiger partial charge in [-0.05, 0) is 37.6 Å². The predicted octanol–water partition coefficient (Wildman–Crippen LogP) is 2.05. The SMILES string of the molecule is CC(=O)N[C@@H]1CN(C(=O)NCc2cccc(NC(C)C)c2)C[C@H]1c1ccnn1C. The number of aromatic nitrogens is 2. The number of hydrogen-bond donors (Lipinski definition) is 3. The van der Waals surface area contributed by atoms with Crippen LogP contribution in [0.1, 0.15) is 37.9 Å². The lowest BCUT2D eigenvalue weighted by Gasteiger charge is -2.18. The molecule has 0 radical (unpaired) electrons. The maximum Gasteiger partial charge on any atom is 0.317 e. The number of urea groups is 1. The van der Waals surface area contributed by atoms with Gasteiger partial charge in [0.05, 0.1) is 6.04 Å². The molecule has 0 bridgehead atoms. The second-order valence-electron chi connectivity index (χ2n) is 7.86. The highest BCUT2D eigenvalue weighted by atomic mass is 16.2. The number of carbonyl (C=O) groups is 2. The molecule has 8 heteroatoms. The molecule has 1 fully saturated rings. The van der Waals surface area contributed by atoms with E-state index in [1.54, 1.807) is 15.8 Å². The van der Waals surface area contributed by atoms with Crippen molar-refractivity contribution in [3.63, 3.8) is 0 Å². The summed E-state index contributed by atoms with van der Waals surface area (Å²) in [5, 5.41) is 13.6. The topological polar surface area (TPSA) is 91.3 Å². The van der Waals surface area contributed by atoms with Crippen molar-refractivity contribution in [2.75, 3.05) is 18.4 Å². The zero-order valence-corrected chi connectivity index (χ0v) is 17.5. The molecule has 156 valence electrons. The highest BCUT2D eigenvalue weighted by Gasteiger charge is 2.38. The Balaban J connectivity index is 1.63. The molecule has 0 unspecified atom stereocenters. The van der Waals surface area contributed by atoms with E-state index in [1.807, 2.05) is 37.4 Å². The van der Waals surface area contributed by atoms with Gasteiger partial charge in [-0.25, -0.2) is 4.79 Å². The van der Waals surface area contributed by atoms with E-state index in [1.165, 1.54) is 6.92 Å². The predicted molar refractivity (Wildman–Crippen MR) is 113 cm³/mol. The highest BCUT2D eigenvalue weighted by molar-refractivity contribution is 5.76. The first-order valence-electron chi connectivity index (χ1n) is 9.96. The molecule has 2 heterocycles. The maximum absolute atomic E-state index is 12.8. The van der Waals surface area contributed by atoms with E-state index in [0.29, 0.717) is 25.7 Å². The second kappa shape index (κ2) is 8.98. The molecule has 2 aromatic rings. The minimum absolute atomic E-state index is 0.00993. The molecular weight excluding hydrogens is 368 g/mol. The van der Waals surface area contributed by atoms with Crippen molar-refractivity contribution in [2.45, 2.75) is 45.3 Å². The molecule has 1 aromatic carbocycles. The molecule has 8 nitrogen and oxygen atoms in total. The van der Waals surface area contributed by atoms with Gasteiger partial charge >= 0.3 is 6.03 Å². The van der Waals surface area contributed by atoms with Crippen molar-refractivity contribution >= 4 is 17.6 Å². The van der Waals surface area contributed by atoms with Gasteiger partial charge in [0, 0.05) is 63.1 Å². The second-order valence-corrected chi connectivity index (χ2v) is 7.86. The third kappa shape index (κ3) is 5.28. The van der Waals surface area contributed by atoms with Gasteiger partial charge in [0.2, 0.25) is 5.91 Å². The van der Waals surface area contributed by atoms with Gasteiger partial charge in [-0.1, -0.05) is 12.1 Å². The monoisotopic (exact) mass is 398 g/mol. The molecule has 1 saturated heterocycles. The Morgan fingerprint density at radius 3 is 2.69 bits per heavy atom. The van der Waals surface area contributed by atoms with Crippen LogP contribution in [0.4, 0.5) is 10.5 Å². The van der Waals surface area contributed by atoms with Gasteiger partial charge in [0.15, 0.2) is 0 Å². The van der Waals surface area contributed by atoms with Crippen molar-refractivity contribution in [1.82, 2.24) is 25.3 Å². The molecule has 0 spiro atoms. The van der Waals surface area contributed by atoms with Gasteiger partial charge in [0.25, 0.3) is 0 Å². The Kier molecular flexibility index (Phi) is 6.41. The fourth-order valence-corrected chi connectivity index (χ4v) is 3.82. The van der Waals surface area contributed by atoms with Gasteiger partial charge in [-0.15, -0.1) is 0 Å². The molecule has 29 heavy (non-hydrogen) atoms. The number of likely N-dealkylation sites (tertiary alicyclic amines) is 1. The van der Waals surface area contributed by atoms with Crippen molar-refractivity contribution in [3.8, 4) is 0 Å². The van der Waals surface area contributed by atoms with Crippen molar-refractivity contribution in [1.29, 1.82) is 0 Å². The van der Waals surface area contributed by atoms with Crippen LogP contribution in [0.3, 0.4) is 0 Å². The minimum atomic E-state index is -0.132. The van der Waals surface area contributed by atoms with Crippen molar-refractivity contribution in [3.05, 3.63) is 47.8 Å². The largest absolute Gasteiger partial charge is 0.383 e. The first kappa shape index (κ1) is 20.7. The highest BCUT2D eigenvalue weighted by Crippen LogP contribution is 2.27. The Morgan fingerprint density at radius 1 is 1.24 bits per heavy atom. The third-order valence-electron chi connectivity index (χ3n) is 5.06. The van der Waals surface area contributed by atoms with Crippen LogP contribution >= 0.6 is 0 Å². The molecule has 0 aliphatic carbocycles. The quantitative estimate of drug-likeness (QED) is 0.695. The van der Waals surface area contributed by atoms with Gasteiger partial charge in [0.1, 0.15) is 0 Å². The van der Waals surface area contributed by atoms with Gasteiger partial charge < -0.3 is 20.9 Å². The first-order valence-corrected chi connectivity index (χ1v) is 9.96. The van der Waals surface area contributed by atoms with E-state index >= 15 is 0 Å². The summed E-state index contributed by atoms with van der Waals surface area (Å²) in [6.07, 6.45) is 1.74. The molecule has 0 saturated carbocycles. The maximum atomic E-state index is 12.8. The molecule has 1 aliphatic heterocycles. The van der Waals surface area contributed by atoms with Gasteiger partial charge in [-0.3, -0.25) is 9.48 Å². The van der Waals surface area contributed by atoms with Crippen LogP contribution in [0.15, 0.2) is 36.5 Å². The minimum Gasteiger partial charge on any atom is -0.383 e. The number of carbonyl (C=O) groups excluding carboxylic acids is 2. The molecule has 3 rings (SSSR count). The van der Waals surface area contributed by atoms with E-state index in [9.17, 15) is 9.59 Å². The lowest BCUT2D eigenvalue weighted by Crippen LogP contribution is -2.42. The van der Waals surface area contributed by atoms with Crippen molar-refractivity contribution in [2.24, 2.45) is 7.05 Å². The molecule has 3 amide bonds.